The number of nitriles is 2. The van der Waals surface area contributed by atoms with Crippen molar-refractivity contribution in [3.63, 3.8) is 0 Å². The van der Waals surface area contributed by atoms with Gasteiger partial charge in [0.05, 0.1) is 10.6 Å². The van der Waals surface area contributed by atoms with Crippen LogP contribution in [0.3, 0.4) is 0 Å². The van der Waals surface area contributed by atoms with Crippen LogP contribution in [-0.2, 0) is 0 Å². The number of hydrogen-bond donors (Lipinski definition) is 1. The van der Waals surface area contributed by atoms with Crippen LogP contribution < -0.4 is 10.2 Å². The zero-order chi connectivity index (χ0) is 16.8. The number of nitro groups is 1. The minimum atomic E-state index is -4.64. The number of rotatable bonds is 5. The second-order valence-corrected chi connectivity index (χ2v) is 3.64. The normalized spacial score (nSPS) is 10.0. The summed E-state index contributed by atoms with van der Waals surface area (Å²) in [6.07, 6.45) is -4.64. The summed E-state index contributed by atoms with van der Waals surface area (Å²) in [5.41, 5.74) is 0.947. The van der Waals surface area contributed by atoms with Crippen LogP contribution in [0.5, 0.6) is 5.75 Å². The Morgan fingerprint density at radius 1 is 1.41 bits per heavy atom. The Bertz CT molecular complexity index is 672. The summed E-state index contributed by atoms with van der Waals surface area (Å²) in [4.78, 5) is 9.89. The molecule has 114 valence electrons. The Morgan fingerprint density at radius 3 is 2.55 bits per heavy atom. The molecular weight excluding hydrogens is 307 g/mol. The van der Waals surface area contributed by atoms with Crippen LogP contribution in [-0.4, -0.2) is 23.4 Å². The maximum atomic E-state index is 12.1. The molecule has 0 saturated carbocycles. The maximum absolute atomic E-state index is 12.1. The monoisotopic (exact) mass is 313 g/mol. The van der Waals surface area contributed by atoms with Crippen LogP contribution in [0.4, 0.5) is 24.5 Å². The molecule has 22 heavy (non-hydrogen) atoms. The molecule has 0 amide bonds. The average Bonchev–Trinajstić information content (AvgIpc) is 2.45. The highest BCUT2D eigenvalue weighted by atomic mass is 19.4. The van der Waals surface area contributed by atoms with E-state index in [0.29, 0.717) is 0 Å². The summed E-state index contributed by atoms with van der Waals surface area (Å²) in [6, 6.07) is 5.86. The van der Waals surface area contributed by atoms with Crippen LogP contribution >= 0.6 is 0 Å². The van der Waals surface area contributed by atoms with Gasteiger partial charge in [0.1, 0.15) is 12.1 Å². The molecule has 0 saturated heterocycles. The lowest BCUT2D eigenvalue weighted by atomic mass is 10.2. The standard InChI is InChI=1S/C11H6F3N5O3/c12-11(13,14)6-22-10-2-1-7(3-9(10)19(20)21)17-18-8(4-15)5-16/h1-3,17H,6H2. The van der Waals surface area contributed by atoms with Crippen LogP contribution in [0.15, 0.2) is 23.3 Å². The minimum absolute atomic E-state index is 0.00550. The van der Waals surface area contributed by atoms with Gasteiger partial charge in [-0.2, -0.15) is 28.8 Å². The number of alkyl halides is 3. The van der Waals surface area contributed by atoms with Gasteiger partial charge in [0.25, 0.3) is 0 Å². The SMILES string of the molecule is N#CC(C#N)=NNc1ccc(OCC(F)(F)F)c([N+](=O)[O-])c1. The first-order valence-corrected chi connectivity index (χ1v) is 5.38. The number of nitrogens with one attached hydrogen (secondary N) is 1. The summed E-state index contributed by atoms with van der Waals surface area (Å²) in [5, 5.41) is 31.1. The van der Waals surface area contributed by atoms with Gasteiger partial charge in [-0.05, 0) is 12.1 Å². The smallest absolute Gasteiger partial charge is 0.422 e. The molecule has 8 nitrogen and oxygen atoms in total. The fourth-order valence-electron chi connectivity index (χ4n) is 1.21. The molecule has 0 bridgehead atoms. The van der Waals surface area contributed by atoms with Crippen molar-refractivity contribution in [2.24, 2.45) is 5.10 Å². The summed E-state index contributed by atoms with van der Waals surface area (Å²) in [7, 11) is 0. The Kier molecular flexibility index (Phi) is 5.24. The summed E-state index contributed by atoms with van der Waals surface area (Å²) >= 11 is 0. The van der Waals surface area contributed by atoms with Gasteiger partial charge < -0.3 is 4.74 Å². The van der Waals surface area contributed by atoms with Crippen LogP contribution in [0.2, 0.25) is 0 Å². The van der Waals surface area contributed by atoms with E-state index in [4.69, 9.17) is 10.5 Å². The quantitative estimate of drug-likeness (QED) is 0.505. The van der Waals surface area contributed by atoms with Crippen molar-refractivity contribution in [2.45, 2.75) is 6.18 Å². The number of halogens is 3. The molecule has 0 heterocycles. The van der Waals surface area contributed by atoms with Crippen molar-refractivity contribution < 1.29 is 22.8 Å². The van der Waals surface area contributed by atoms with E-state index >= 15 is 0 Å². The third-order valence-corrected chi connectivity index (χ3v) is 2.06. The summed E-state index contributed by atoms with van der Waals surface area (Å²) in [6.45, 7) is -1.67. The van der Waals surface area contributed by atoms with E-state index in [1.54, 1.807) is 0 Å². The fraction of sp³-hybridized carbons (Fsp3) is 0.182. The Hall–Kier alpha value is -3.34. The lowest BCUT2D eigenvalue weighted by Crippen LogP contribution is -2.19. The molecule has 0 unspecified atom stereocenters. The zero-order valence-electron chi connectivity index (χ0n) is 10.6. The number of benzene rings is 1. The predicted octanol–water partition coefficient (Wildman–Crippen LogP) is 2.35. The fourth-order valence-corrected chi connectivity index (χ4v) is 1.21. The minimum Gasteiger partial charge on any atom is -0.477 e. The average molecular weight is 313 g/mol. The number of nitrogens with zero attached hydrogens (tertiary/aromatic N) is 4. The largest absolute Gasteiger partial charge is 0.477 e. The van der Waals surface area contributed by atoms with E-state index in [1.165, 1.54) is 12.1 Å². The third-order valence-electron chi connectivity index (χ3n) is 2.06. The lowest BCUT2D eigenvalue weighted by molar-refractivity contribution is -0.386. The van der Waals surface area contributed by atoms with Gasteiger partial charge in [0.15, 0.2) is 12.4 Å². The number of anilines is 1. The van der Waals surface area contributed by atoms with Crippen molar-refractivity contribution >= 4 is 17.1 Å². The molecule has 0 spiro atoms. The molecule has 0 aliphatic carbocycles. The first-order chi connectivity index (χ1) is 10.3. The Balaban J connectivity index is 3.01. The van der Waals surface area contributed by atoms with E-state index in [9.17, 15) is 23.3 Å². The first-order valence-electron chi connectivity index (χ1n) is 5.38. The van der Waals surface area contributed by atoms with Crippen LogP contribution in [0.25, 0.3) is 0 Å². The van der Waals surface area contributed by atoms with Crippen molar-refractivity contribution in [3.8, 4) is 17.9 Å². The van der Waals surface area contributed by atoms with E-state index < -0.39 is 34.9 Å². The van der Waals surface area contributed by atoms with Crippen molar-refractivity contribution in [1.29, 1.82) is 10.5 Å². The highest BCUT2D eigenvalue weighted by Gasteiger charge is 2.30. The molecule has 11 heteroatoms. The third kappa shape index (κ3) is 4.97. The molecular formula is C11H6F3N5O3. The molecule has 0 fully saturated rings. The molecule has 0 aliphatic heterocycles. The molecule has 0 aliphatic rings. The van der Waals surface area contributed by atoms with Gasteiger partial charge in [-0.15, -0.1) is 0 Å². The molecule has 0 atom stereocenters. The number of hydrazone groups is 1. The molecule has 0 aromatic heterocycles. The number of ether oxygens (including phenoxy) is 1. The highest BCUT2D eigenvalue weighted by Crippen LogP contribution is 2.31. The topological polar surface area (TPSA) is 124 Å². The van der Waals surface area contributed by atoms with Gasteiger partial charge in [-0.1, -0.05) is 0 Å². The second-order valence-electron chi connectivity index (χ2n) is 3.64. The predicted molar refractivity (Wildman–Crippen MR) is 66.9 cm³/mol. The maximum Gasteiger partial charge on any atom is 0.422 e. The van der Waals surface area contributed by atoms with Gasteiger partial charge in [-0.3, -0.25) is 15.5 Å². The van der Waals surface area contributed by atoms with E-state index in [-0.39, 0.29) is 5.69 Å². The van der Waals surface area contributed by atoms with Crippen molar-refractivity contribution in [1.82, 2.24) is 0 Å². The number of hydrogen-bond acceptors (Lipinski definition) is 7. The lowest BCUT2D eigenvalue weighted by Gasteiger charge is -2.10. The molecule has 0 radical (unpaired) electrons. The molecule has 1 N–H and O–H groups in total. The van der Waals surface area contributed by atoms with Gasteiger partial charge in [0, 0.05) is 6.07 Å². The Labute approximate surface area is 121 Å². The summed E-state index contributed by atoms with van der Waals surface area (Å²) < 4.78 is 40.5. The van der Waals surface area contributed by atoms with Crippen LogP contribution in [0.1, 0.15) is 0 Å². The first kappa shape index (κ1) is 16.7. The van der Waals surface area contributed by atoms with Crippen molar-refractivity contribution in [2.75, 3.05) is 12.0 Å². The van der Waals surface area contributed by atoms with E-state index in [0.717, 1.165) is 18.2 Å². The highest BCUT2D eigenvalue weighted by molar-refractivity contribution is 6.10. The molecule has 1 aromatic rings. The Morgan fingerprint density at radius 2 is 2.05 bits per heavy atom. The van der Waals surface area contributed by atoms with Crippen molar-refractivity contribution in [3.05, 3.63) is 28.3 Å². The number of nitro benzene ring substituents is 1. The molecule has 1 aromatic carbocycles. The summed E-state index contributed by atoms with van der Waals surface area (Å²) in [5.74, 6) is -0.572. The second kappa shape index (κ2) is 6.90. The van der Waals surface area contributed by atoms with Crippen LogP contribution in [0, 0.1) is 32.8 Å². The van der Waals surface area contributed by atoms with Gasteiger partial charge in [0.2, 0.25) is 5.71 Å². The van der Waals surface area contributed by atoms with E-state index in [1.807, 2.05) is 0 Å². The zero-order valence-corrected chi connectivity index (χ0v) is 10.6. The van der Waals surface area contributed by atoms with Gasteiger partial charge in [-0.25, -0.2) is 0 Å². The van der Waals surface area contributed by atoms with E-state index in [2.05, 4.69) is 15.3 Å². The van der Waals surface area contributed by atoms with Gasteiger partial charge >= 0.3 is 11.9 Å². The molecule has 1 rings (SSSR count).